The quantitative estimate of drug-likeness (QED) is 0.189. The van der Waals surface area contributed by atoms with E-state index in [1.165, 1.54) is 6.21 Å². The summed E-state index contributed by atoms with van der Waals surface area (Å²) in [4.78, 5) is 36.4. The van der Waals surface area contributed by atoms with E-state index < -0.39 is 17.8 Å². The minimum absolute atomic E-state index is 0.253. The monoisotopic (exact) mass is 479 g/mol. The highest BCUT2D eigenvalue weighted by molar-refractivity contribution is 9.10. The highest BCUT2D eigenvalue weighted by Gasteiger charge is 2.15. The molecule has 156 valence electrons. The molecule has 0 aromatic heterocycles. The lowest BCUT2D eigenvalue weighted by Gasteiger charge is -2.09. The molecule has 2 amide bonds. The van der Waals surface area contributed by atoms with Gasteiger partial charge in [-0.2, -0.15) is 5.10 Å². The number of amides is 2. The van der Waals surface area contributed by atoms with E-state index in [9.17, 15) is 14.4 Å². The van der Waals surface area contributed by atoms with Gasteiger partial charge < -0.3 is 10.1 Å². The minimum atomic E-state index is -0.937. The van der Waals surface area contributed by atoms with Crippen LogP contribution >= 0.6 is 15.9 Å². The third-order valence-electron chi connectivity index (χ3n) is 4.15. The smallest absolute Gasteiger partial charge is 0.343 e. The Morgan fingerprint density at radius 3 is 2.39 bits per heavy atom. The maximum Gasteiger partial charge on any atom is 0.343 e. The van der Waals surface area contributed by atoms with Gasteiger partial charge >= 0.3 is 17.8 Å². The summed E-state index contributed by atoms with van der Waals surface area (Å²) < 4.78 is 6.23. The van der Waals surface area contributed by atoms with Crippen LogP contribution in [0.1, 0.15) is 21.5 Å². The molecule has 31 heavy (non-hydrogen) atoms. The molecule has 8 heteroatoms. The number of hydrazone groups is 1. The highest BCUT2D eigenvalue weighted by atomic mass is 79.9. The zero-order chi connectivity index (χ0) is 22.2. The molecule has 0 bridgehead atoms. The standard InChI is InChI=1S/C23H18BrN3O4/c1-15-7-5-6-10-19(15)23(30)31-20-12-11-17(24)13-16(20)14-25-27-22(29)21(28)26-18-8-3-2-4-9-18/h2-14H,1H3,(H,26,28)(H,27,29). The second kappa shape index (κ2) is 10.3. The van der Waals surface area contributed by atoms with E-state index in [-0.39, 0.29) is 5.75 Å². The Morgan fingerprint density at radius 2 is 1.65 bits per heavy atom. The van der Waals surface area contributed by atoms with E-state index >= 15 is 0 Å². The van der Waals surface area contributed by atoms with Gasteiger partial charge in [0.2, 0.25) is 0 Å². The molecular formula is C23H18BrN3O4. The van der Waals surface area contributed by atoms with Gasteiger partial charge in [-0.1, -0.05) is 52.3 Å². The number of para-hydroxylation sites is 1. The van der Waals surface area contributed by atoms with Gasteiger partial charge in [-0.25, -0.2) is 10.2 Å². The number of nitrogens with one attached hydrogen (secondary N) is 2. The first-order valence-corrected chi connectivity index (χ1v) is 10.00. The maximum atomic E-state index is 12.5. The van der Waals surface area contributed by atoms with E-state index in [2.05, 4.69) is 31.8 Å². The Kier molecular flexibility index (Phi) is 7.29. The summed E-state index contributed by atoms with van der Waals surface area (Å²) in [5.74, 6) is -2.05. The summed E-state index contributed by atoms with van der Waals surface area (Å²) in [6.45, 7) is 1.82. The number of benzene rings is 3. The molecule has 0 aliphatic heterocycles. The Morgan fingerprint density at radius 1 is 0.935 bits per heavy atom. The van der Waals surface area contributed by atoms with E-state index in [4.69, 9.17) is 4.74 Å². The van der Waals surface area contributed by atoms with Crippen molar-refractivity contribution in [3.8, 4) is 5.75 Å². The summed E-state index contributed by atoms with van der Waals surface area (Å²) in [7, 11) is 0. The lowest BCUT2D eigenvalue weighted by Crippen LogP contribution is -2.32. The largest absolute Gasteiger partial charge is 0.422 e. The molecule has 0 fully saturated rings. The van der Waals surface area contributed by atoms with E-state index in [0.29, 0.717) is 16.8 Å². The van der Waals surface area contributed by atoms with Crippen molar-refractivity contribution in [2.45, 2.75) is 6.92 Å². The second-order valence-electron chi connectivity index (χ2n) is 6.41. The molecule has 0 heterocycles. The molecule has 0 saturated heterocycles. The molecule has 0 aliphatic carbocycles. The fourth-order valence-electron chi connectivity index (χ4n) is 2.59. The molecule has 3 rings (SSSR count). The van der Waals surface area contributed by atoms with Gasteiger partial charge in [-0.3, -0.25) is 9.59 Å². The minimum Gasteiger partial charge on any atom is -0.422 e. The Bertz CT molecular complexity index is 1150. The van der Waals surface area contributed by atoms with Crippen LogP contribution in [0.15, 0.2) is 82.4 Å². The van der Waals surface area contributed by atoms with E-state index in [1.807, 2.05) is 19.1 Å². The summed E-state index contributed by atoms with van der Waals surface area (Å²) >= 11 is 3.35. The van der Waals surface area contributed by atoms with Crippen LogP contribution in [0.2, 0.25) is 0 Å². The fourth-order valence-corrected chi connectivity index (χ4v) is 2.97. The molecule has 7 nitrogen and oxygen atoms in total. The van der Waals surface area contributed by atoms with Crippen LogP contribution in [-0.4, -0.2) is 24.0 Å². The van der Waals surface area contributed by atoms with Gasteiger partial charge in [0.25, 0.3) is 0 Å². The normalized spacial score (nSPS) is 10.5. The predicted molar refractivity (Wildman–Crippen MR) is 121 cm³/mol. The lowest BCUT2D eigenvalue weighted by molar-refractivity contribution is -0.136. The van der Waals surface area contributed by atoms with Crippen molar-refractivity contribution < 1.29 is 19.1 Å². The zero-order valence-corrected chi connectivity index (χ0v) is 18.0. The van der Waals surface area contributed by atoms with Crippen molar-refractivity contribution in [3.05, 3.63) is 94.0 Å². The Hall–Kier alpha value is -3.78. The highest BCUT2D eigenvalue weighted by Crippen LogP contribution is 2.23. The number of hydrogen-bond donors (Lipinski definition) is 2. The number of ether oxygens (including phenoxy) is 1. The number of nitrogens with zero attached hydrogens (tertiary/aromatic N) is 1. The molecule has 0 spiro atoms. The number of carbonyl (C=O) groups is 3. The van der Waals surface area contributed by atoms with Crippen molar-refractivity contribution in [1.82, 2.24) is 5.43 Å². The number of anilines is 1. The number of carbonyl (C=O) groups excluding carboxylic acids is 3. The molecule has 0 radical (unpaired) electrons. The molecule has 3 aromatic rings. The number of esters is 1. The van der Waals surface area contributed by atoms with E-state index in [1.54, 1.807) is 60.7 Å². The lowest BCUT2D eigenvalue weighted by atomic mass is 10.1. The predicted octanol–water partition coefficient (Wildman–Crippen LogP) is 4.07. The fraction of sp³-hybridized carbons (Fsp3) is 0.0435. The first-order chi connectivity index (χ1) is 14.9. The van der Waals surface area contributed by atoms with Gasteiger partial charge in [-0.05, 0) is 48.9 Å². The van der Waals surface area contributed by atoms with Gasteiger partial charge in [-0.15, -0.1) is 0 Å². The topological polar surface area (TPSA) is 96.9 Å². The van der Waals surface area contributed by atoms with Crippen molar-refractivity contribution in [1.29, 1.82) is 0 Å². The van der Waals surface area contributed by atoms with Crippen LogP contribution in [0.4, 0.5) is 5.69 Å². The van der Waals surface area contributed by atoms with Gasteiger partial charge in [0.05, 0.1) is 11.8 Å². The van der Waals surface area contributed by atoms with Crippen LogP contribution in [0.5, 0.6) is 5.75 Å². The summed E-state index contributed by atoms with van der Waals surface area (Å²) in [6.07, 6.45) is 1.29. The first kappa shape index (κ1) is 21.9. The van der Waals surface area contributed by atoms with Crippen LogP contribution in [0, 0.1) is 6.92 Å². The van der Waals surface area contributed by atoms with Crippen molar-refractivity contribution in [2.24, 2.45) is 5.10 Å². The first-order valence-electron chi connectivity index (χ1n) is 9.21. The Labute approximate surface area is 187 Å². The molecule has 2 N–H and O–H groups in total. The van der Waals surface area contributed by atoms with Crippen molar-refractivity contribution in [3.63, 3.8) is 0 Å². The molecule has 3 aromatic carbocycles. The molecule has 0 aliphatic rings. The van der Waals surface area contributed by atoms with Crippen molar-refractivity contribution >= 4 is 45.6 Å². The number of halogens is 1. The third kappa shape index (κ3) is 6.10. The maximum absolute atomic E-state index is 12.5. The van der Waals surface area contributed by atoms with Crippen LogP contribution < -0.4 is 15.5 Å². The molecule has 0 unspecified atom stereocenters. The number of rotatable bonds is 5. The zero-order valence-electron chi connectivity index (χ0n) is 16.5. The van der Waals surface area contributed by atoms with Gasteiger partial charge in [0.15, 0.2) is 0 Å². The second-order valence-corrected chi connectivity index (χ2v) is 7.32. The molecule has 0 saturated carbocycles. The molecule has 0 atom stereocenters. The van der Waals surface area contributed by atoms with Gasteiger partial charge in [0, 0.05) is 15.7 Å². The SMILES string of the molecule is Cc1ccccc1C(=O)Oc1ccc(Br)cc1C=NNC(=O)C(=O)Nc1ccccc1. The number of hydrogen-bond acceptors (Lipinski definition) is 5. The summed E-state index contributed by atoms with van der Waals surface area (Å²) in [6, 6.07) is 20.6. The van der Waals surface area contributed by atoms with E-state index in [0.717, 1.165) is 10.0 Å². The summed E-state index contributed by atoms with van der Waals surface area (Å²) in [5.41, 5.74) is 4.31. The third-order valence-corrected chi connectivity index (χ3v) is 4.64. The Balaban J connectivity index is 1.68. The van der Waals surface area contributed by atoms with Crippen molar-refractivity contribution in [2.75, 3.05) is 5.32 Å². The summed E-state index contributed by atoms with van der Waals surface area (Å²) in [5, 5.41) is 6.26. The van der Waals surface area contributed by atoms with Gasteiger partial charge in [0.1, 0.15) is 5.75 Å². The van der Waals surface area contributed by atoms with Crippen LogP contribution in [0.25, 0.3) is 0 Å². The average molecular weight is 480 g/mol. The van der Waals surface area contributed by atoms with Crippen LogP contribution in [0.3, 0.4) is 0 Å². The average Bonchev–Trinajstić information content (AvgIpc) is 2.76. The molecular weight excluding hydrogens is 462 g/mol. The number of aryl methyl sites for hydroxylation is 1. The van der Waals surface area contributed by atoms with Crippen LogP contribution in [-0.2, 0) is 9.59 Å².